The Balaban J connectivity index is 1.72. The van der Waals surface area contributed by atoms with Crippen LogP contribution in [0.25, 0.3) is 22.0 Å². The van der Waals surface area contributed by atoms with Gasteiger partial charge in [-0.1, -0.05) is 6.07 Å². The number of pyridine rings is 1. The van der Waals surface area contributed by atoms with E-state index in [2.05, 4.69) is 25.5 Å². The SMILES string of the molecule is Nc1n[nH]c2ccc(-c3ccnc(Nc4nccs4)c3)cc12. The van der Waals surface area contributed by atoms with E-state index in [0.717, 1.165) is 33.0 Å². The van der Waals surface area contributed by atoms with Gasteiger partial charge in [-0.3, -0.25) is 5.10 Å². The van der Waals surface area contributed by atoms with Gasteiger partial charge in [-0.15, -0.1) is 11.3 Å². The Labute approximate surface area is 130 Å². The number of nitrogens with two attached hydrogens (primary N) is 1. The molecule has 0 atom stereocenters. The van der Waals surface area contributed by atoms with Crippen LogP contribution in [0.5, 0.6) is 0 Å². The van der Waals surface area contributed by atoms with Gasteiger partial charge in [-0.25, -0.2) is 9.97 Å². The van der Waals surface area contributed by atoms with Crippen molar-refractivity contribution in [1.29, 1.82) is 0 Å². The summed E-state index contributed by atoms with van der Waals surface area (Å²) in [4.78, 5) is 8.52. The normalized spacial score (nSPS) is 10.9. The van der Waals surface area contributed by atoms with Crippen molar-refractivity contribution in [2.24, 2.45) is 0 Å². The number of anilines is 3. The number of rotatable bonds is 3. The number of aromatic nitrogens is 4. The highest BCUT2D eigenvalue weighted by atomic mass is 32.1. The first-order chi connectivity index (χ1) is 10.8. The Kier molecular flexibility index (Phi) is 2.97. The van der Waals surface area contributed by atoms with Crippen molar-refractivity contribution in [3.05, 3.63) is 48.1 Å². The fourth-order valence-corrected chi connectivity index (χ4v) is 2.82. The van der Waals surface area contributed by atoms with Crippen LogP contribution in [-0.4, -0.2) is 20.2 Å². The van der Waals surface area contributed by atoms with E-state index in [1.165, 1.54) is 11.3 Å². The predicted octanol–water partition coefficient (Wildman–Crippen LogP) is 3.41. The molecule has 6 nitrogen and oxygen atoms in total. The summed E-state index contributed by atoms with van der Waals surface area (Å²) in [6.07, 6.45) is 3.53. The van der Waals surface area contributed by atoms with Crippen LogP contribution < -0.4 is 11.1 Å². The van der Waals surface area contributed by atoms with Gasteiger partial charge < -0.3 is 11.1 Å². The van der Waals surface area contributed by atoms with Gasteiger partial charge in [0.25, 0.3) is 0 Å². The first-order valence-electron chi connectivity index (χ1n) is 6.66. The number of thiazole rings is 1. The van der Waals surface area contributed by atoms with E-state index in [-0.39, 0.29) is 0 Å². The number of aromatic amines is 1. The number of hydrogen-bond donors (Lipinski definition) is 3. The third-order valence-corrected chi connectivity index (χ3v) is 4.04. The lowest BCUT2D eigenvalue weighted by atomic mass is 10.0. The topological polar surface area (TPSA) is 92.5 Å². The molecule has 3 heterocycles. The third-order valence-electron chi connectivity index (χ3n) is 3.35. The van der Waals surface area contributed by atoms with Gasteiger partial charge in [0.15, 0.2) is 10.9 Å². The minimum Gasteiger partial charge on any atom is -0.382 e. The van der Waals surface area contributed by atoms with E-state index < -0.39 is 0 Å². The zero-order valence-electron chi connectivity index (χ0n) is 11.4. The number of nitrogen functional groups attached to an aromatic ring is 1. The maximum Gasteiger partial charge on any atom is 0.188 e. The zero-order valence-corrected chi connectivity index (χ0v) is 12.3. The summed E-state index contributed by atoms with van der Waals surface area (Å²) in [5, 5.41) is 13.8. The molecule has 108 valence electrons. The number of hydrogen-bond acceptors (Lipinski definition) is 6. The minimum atomic E-state index is 0.507. The molecule has 7 heteroatoms. The van der Waals surface area contributed by atoms with Crippen LogP contribution in [0.4, 0.5) is 16.8 Å². The molecule has 4 aromatic rings. The molecule has 0 radical (unpaired) electrons. The molecular weight excluding hydrogens is 296 g/mol. The first-order valence-corrected chi connectivity index (χ1v) is 7.54. The molecule has 0 saturated heterocycles. The highest BCUT2D eigenvalue weighted by Crippen LogP contribution is 2.28. The van der Waals surface area contributed by atoms with Crippen molar-refractivity contribution in [3.8, 4) is 11.1 Å². The third kappa shape index (κ3) is 2.27. The molecule has 0 saturated carbocycles. The second-order valence-electron chi connectivity index (χ2n) is 4.76. The smallest absolute Gasteiger partial charge is 0.188 e. The van der Waals surface area contributed by atoms with Crippen molar-refractivity contribution in [1.82, 2.24) is 20.2 Å². The van der Waals surface area contributed by atoms with Gasteiger partial charge >= 0.3 is 0 Å². The summed E-state index contributed by atoms with van der Waals surface area (Å²) >= 11 is 1.53. The number of fused-ring (bicyclic) bond motifs is 1. The number of benzene rings is 1. The van der Waals surface area contributed by atoms with Crippen LogP contribution in [0.2, 0.25) is 0 Å². The highest BCUT2D eigenvalue weighted by molar-refractivity contribution is 7.13. The van der Waals surface area contributed by atoms with Crippen LogP contribution in [-0.2, 0) is 0 Å². The van der Waals surface area contributed by atoms with Gasteiger partial charge in [0.2, 0.25) is 0 Å². The van der Waals surface area contributed by atoms with E-state index in [0.29, 0.717) is 5.82 Å². The predicted molar refractivity (Wildman–Crippen MR) is 89.1 cm³/mol. The van der Waals surface area contributed by atoms with Crippen molar-refractivity contribution < 1.29 is 0 Å². The van der Waals surface area contributed by atoms with E-state index in [4.69, 9.17) is 5.73 Å². The van der Waals surface area contributed by atoms with Crippen molar-refractivity contribution >= 4 is 39.0 Å². The Morgan fingerprint density at radius 2 is 1.95 bits per heavy atom. The lowest BCUT2D eigenvalue weighted by Crippen LogP contribution is -1.92. The van der Waals surface area contributed by atoms with Crippen molar-refractivity contribution in [2.75, 3.05) is 11.1 Å². The Bertz CT molecular complexity index is 928. The summed E-state index contributed by atoms with van der Waals surface area (Å²) in [5.74, 6) is 1.26. The van der Waals surface area contributed by atoms with Crippen LogP contribution in [0.1, 0.15) is 0 Å². The van der Waals surface area contributed by atoms with Gasteiger partial charge in [0, 0.05) is 23.2 Å². The molecule has 3 aromatic heterocycles. The molecular formula is C15H12N6S. The summed E-state index contributed by atoms with van der Waals surface area (Å²) in [6.45, 7) is 0. The fourth-order valence-electron chi connectivity index (χ4n) is 2.29. The zero-order chi connectivity index (χ0) is 14.9. The number of nitrogens with one attached hydrogen (secondary N) is 2. The Morgan fingerprint density at radius 3 is 2.82 bits per heavy atom. The maximum atomic E-state index is 5.87. The largest absolute Gasteiger partial charge is 0.382 e. The van der Waals surface area contributed by atoms with Crippen molar-refractivity contribution in [3.63, 3.8) is 0 Å². The van der Waals surface area contributed by atoms with Crippen molar-refractivity contribution in [2.45, 2.75) is 0 Å². The average molecular weight is 308 g/mol. The van der Waals surface area contributed by atoms with Crippen LogP contribution >= 0.6 is 11.3 Å². The molecule has 1 aromatic carbocycles. The Morgan fingerprint density at radius 1 is 1.05 bits per heavy atom. The summed E-state index contributed by atoms with van der Waals surface area (Å²) in [5.41, 5.74) is 8.91. The molecule has 0 aliphatic rings. The Hall–Kier alpha value is -2.93. The monoisotopic (exact) mass is 308 g/mol. The molecule has 0 fully saturated rings. The lowest BCUT2D eigenvalue weighted by molar-refractivity contribution is 1.13. The average Bonchev–Trinajstić information content (AvgIpc) is 3.18. The van der Waals surface area contributed by atoms with Gasteiger partial charge in [-0.05, 0) is 35.4 Å². The fraction of sp³-hybridized carbons (Fsp3) is 0. The first kappa shape index (κ1) is 12.8. The van der Waals surface area contributed by atoms with Gasteiger partial charge in [0.05, 0.1) is 5.52 Å². The molecule has 4 N–H and O–H groups in total. The number of H-pyrrole nitrogens is 1. The minimum absolute atomic E-state index is 0.507. The molecule has 0 bridgehead atoms. The number of nitrogens with zero attached hydrogens (tertiary/aromatic N) is 3. The summed E-state index contributed by atoms with van der Waals surface area (Å²) < 4.78 is 0. The molecule has 0 spiro atoms. The molecule has 0 aliphatic heterocycles. The summed E-state index contributed by atoms with van der Waals surface area (Å²) in [6, 6.07) is 9.98. The van der Waals surface area contributed by atoms with E-state index in [1.807, 2.05) is 35.7 Å². The molecule has 0 aliphatic carbocycles. The van der Waals surface area contributed by atoms with Crippen LogP contribution in [0.3, 0.4) is 0 Å². The summed E-state index contributed by atoms with van der Waals surface area (Å²) in [7, 11) is 0. The molecule has 0 amide bonds. The lowest BCUT2D eigenvalue weighted by Gasteiger charge is -2.06. The van der Waals surface area contributed by atoms with E-state index in [9.17, 15) is 0 Å². The van der Waals surface area contributed by atoms with Gasteiger partial charge in [-0.2, -0.15) is 5.10 Å². The van der Waals surface area contributed by atoms with Crippen LogP contribution in [0, 0.1) is 0 Å². The van der Waals surface area contributed by atoms with Gasteiger partial charge in [0.1, 0.15) is 5.82 Å². The molecule has 22 heavy (non-hydrogen) atoms. The maximum absolute atomic E-state index is 5.87. The second-order valence-corrected chi connectivity index (χ2v) is 5.66. The molecule has 4 rings (SSSR count). The highest BCUT2D eigenvalue weighted by Gasteiger charge is 2.06. The van der Waals surface area contributed by atoms with Crippen LogP contribution in [0.15, 0.2) is 48.1 Å². The van der Waals surface area contributed by atoms with E-state index >= 15 is 0 Å². The second kappa shape index (κ2) is 5.12. The molecule has 0 unspecified atom stereocenters. The standard InChI is InChI=1S/C15H12N6S/c16-14-11-7-9(1-2-12(11)20-21-14)10-3-4-17-13(8-10)19-15-18-5-6-22-15/h1-8H,(H3,16,20,21)(H,17,18,19). The quantitative estimate of drug-likeness (QED) is 0.539. The van der Waals surface area contributed by atoms with E-state index in [1.54, 1.807) is 12.4 Å².